The highest BCUT2D eigenvalue weighted by Gasteiger charge is 2.30. The summed E-state index contributed by atoms with van der Waals surface area (Å²) in [4.78, 5) is 14.7. The maximum atomic E-state index is 12.2. The van der Waals surface area contributed by atoms with E-state index in [4.69, 9.17) is 4.74 Å². The number of hydrogen-bond donors (Lipinski definition) is 0. The van der Waals surface area contributed by atoms with E-state index >= 15 is 0 Å². The SMILES string of the molecule is O=c1cc2c(nn1CC1CN(CC3CCCCO3)C1)CCSC2. The summed E-state index contributed by atoms with van der Waals surface area (Å²) in [5, 5.41) is 4.62. The minimum atomic E-state index is 0.0697. The molecule has 1 aromatic heterocycles. The molecule has 2 saturated heterocycles. The molecule has 4 rings (SSSR count). The van der Waals surface area contributed by atoms with Gasteiger partial charge in [0.25, 0.3) is 5.56 Å². The number of ether oxygens (including phenoxy) is 1. The lowest BCUT2D eigenvalue weighted by Gasteiger charge is -2.41. The van der Waals surface area contributed by atoms with E-state index in [1.54, 1.807) is 10.7 Å². The molecule has 0 spiro atoms. The summed E-state index contributed by atoms with van der Waals surface area (Å²) in [5.41, 5.74) is 2.35. The first-order valence-electron chi connectivity index (χ1n) is 8.79. The Morgan fingerprint density at radius 3 is 3.04 bits per heavy atom. The Balaban J connectivity index is 1.31. The number of aryl methyl sites for hydroxylation is 1. The van der Waals surface area contributed by atoms with Gasteiger partial charge in [-0.05, 0) is 30.6 Å². The molecule has 6 heteroatoms. The van der Waals surface area contributed by atoms with Crippen LogP contribution in [0.15, 0.2) is 10.9 Å². The van der Waals surface area contributed by atoms with Crippen LogP contribution < -0.4 is 5.56 Å². The Kier molecular flexibility index (Phi) is 4.73. The number of likely N-dealkylation sites (tertiary alicyclic amines) is 1. The molecule has 0 aliphatic carbocycles. The van der Waals surface area contributed by atoms with Crippen LogP contribution in [0, 0.1) is 5.92 Å². The van der Waals surface area contributed by atoms with Crippen molar-refractivity contribution in [1.82, 2.24) is 14.7 Å². The lowest BCUT2D eigenvalue weighted by atomic mass is 9.98. The maximum Gasteiger partial charge on any atom is 0.267 e. The summed E-state index contributed by atoms with van der Waals surface area (Å²) in [6.07, 6.45) is 5.13. The number of fused-ring (bicyclic) bond motifs is 1. The van der Waals surface area contributed by atoms with Gasteiger partial charge in [0.15, 0.2) is 0 Å². The molecule has 1 aromatic rings. The molecule has 0 bridgehead atoms. The highest BCUT2D eigenvalue weighted by Crippen LogP contribution is 2.23. The fraction of sp³-hybridized carbons (Fsp3) is 0.765. The molecule has 3 aliphatic heterocycles. The largest absolute Gasteiger partial charge is 0.377 e. The van der Waals surface area contributed by atoms with Crippen LogP contribution in [-0.4, -0.2) is 52.8 Å². The van der Waals surface area contributed by atoms with Crippen molar-refractivity contribution < 1.29 is 4.74 Å². The lowest BCUT2D eigenvalue weighted by Crippen LogP contribution is -2.52. The summed E-state index contributed by atoms with van der Waals surface area (Å²) in [7, 11) is 0. The summed E-state index contributed by atoms with van der Waals surface area (Å²) in [5.74, 6) is 2.62. The summed E-state index contributed by atoms with van der Waals surface area (Å²) in [6, 6.07) is 1.81. The zero-order chi connectivity index (χ0) is 15.6. The van der Waals surface area contributed by atoms with Crippen molar-refractivity contribution in [3.05, 3.63) is 27.7 Å². The molecule has 2 fully saturated rings. The van der Waals surface area contributed by atoms with Crippen LogP contribution in [0.25, 0.3) is 0 Å². The molecular weight excluding hydrogens is 310 g/mol. The Morgan fingerprint density at radius 1 is 1.30 bits per heavy atom. The van der Waals surface area contributed by atoms with Crippen LogP contribution in [0.2, 0.25) is 0 Å². The number of rotatable bonds is 4. The van der Waals surface area contributed by atoms with Gasteiger partial charge in [0, 0.05) is 50.4 Å². The van der Waals surface area contributed by atoms with Crippen LogP contribution in [0.1, 0.15) is 30.5 Å². The van der Waals surface area contributed by atoms with Gasteiger partial charge in [-0.3, -0.25) is 9.69 Å². The smallest absolute Gasteiger partial charge is 0.267 e. The molecule has 0 saturated carbocycles. The van der Waals surface area contributed by atoms with Crippen molar-refractivity contribution in [3.8, 4) is 0 Å². The van der Waals surface area contributed by atoms with Gasteiger partial charge in [0.05, 0.1) is 18.3 Å². The quantitative estimate of drug-likeness (QED) is 0.835. The minimum absolute atomic E-state index is 0.0697. The Bertz CT molecular complexity index is 606. The van der Waals surface area contributed by atoms with Crippen LogP contribution >= 0.6 is 11.8 Å². The van der Waals surface area contributed by atoms with E-state index < -0.39 is 0 Å². The van der Waals surface area contributed by atoms with Gasteiger partial charge in [-0.25, -0.2) is 4.68 Å². The summed E-state index contributed by atoms with van der Waals surface area (Å²) < 4.78 is 7.51. The van der Waals surface area contributed by atoms with Gasteiger partial charge < -0.3 is 4.74 Å². The van der Waals surface area contributed by atoms with E-state index in [2.05, 4.69) is 10.00 Å². The molecule has 5 nitrogen and oxygen atoms in total. The van der Waals surface area contributed by atoms with Gasteiger partial charge in [-0.2, -0.15) is 16.9 Å². The third kappa shape index (κ3) is 3.64. The van der Waals surface area contributed by atoms with Gasteiger partial charge in [0.2, 0.25) is 0 Å². The van der Waals surface area contributed by atoms with E-state index in [0.717, 1.165) is 62.0 Å². The van der Waals surface area contributed by atoms with Crippen molar-refractivity contribution >= 4 is 11.8 Å². The fourth-order valence-corrected chi connectivity index (χ4v) is 4.76. The molecule has 1 unspecified atom stereocenters. The highest BCUT2D eigenvalue weighted by atomic mass is 32.2. The topological polar surface area (TPSA) is 47.4 Å². The molecule has 126 valence electrons. The average molecular weight is 335 g/mol. The minimum Gasteiger partial charge on any atom is -0.377 e. The molecular formula is C17H25N3O2S. The summed E-state index contributed by atoms with van der Waals surface area (Å²) >= 11 is 1.89. The fourth-order valence-electron chi connectivity index (χ4n) is 3.81. The number of aromatic nitrogens is 2. The molecule has 0 N–H and O–H groups in total. The monoisotopic (exact) mass is 335 g/mol. The van der Waals surface area contributed by atoms with Crippen molar-refractivity contribution in [3.63, 3.8) is 0 Å². The van der Waals surface area contributed by atoms with Gasteiger partial charge in [-0.1, -0.05) is 0 Å². The maximum absolute atomic E-state index is 12.2. The van der Waals surface area contributed by atoms with Gasteiger partial charge >= 0.3 is 0 Å². The second-order valence-corrected chi connectivity index (χ2v) is 8.12. The molecule has 0 amide bonds. The van der Waals surface area contributed by atoms with Crippen molar-refractivity contribution in [2.24, 2.45) is 5.92 Å². The van der Waals surface area contributed by atoms with E-state index in [9.17, 15) is 4.79 Å². The predicted octanol–water partition coefficient (Wildman–Crippen LogP) is 1.53. The second kappa shape index (κ2) is 6.95. The van der Waals surface area contributed by atoms with Crippen LogP contribution in [0.5, 0.6) is 0 Å². The zero-order valence-corrected chi connectivity index (χ0v) is 14.4. The first-order valence-corrected chi connectivity index (χ1v) is 9.95. The van der Waals surface area contributed by atoms with Crippen LogP contribution in [0.4, 0.5) is 0 Å². The highest BCUT2D eigenvalue weighted by molar-refractivity contribution is 7.98. The van der Waals surface area contributed by atoms with Crippen LogP contribution in [0.3, 0.4) is 0 Å². The van der Waals surface area contributed by atoms with Gasteiger partial charge in [0.1, 0.15) is 0 Å². The molecule has 3 aliphatic rings. The van der Waals surface area contributed by atoms with Crippen molar-refractivity contribution in [2.75, 3.05) is 32.0 Å². The normalized spacial score (nSPS) is 25.8. The number of nitrogens with zero attached hydrogens (tertiary/aromatic N) is 3. The van der Waals surface area contributed by atoms with E-state index in [0.29, 0.717) is 12.0 Å². The average Bonchev–Trinajstić information content (AvgIpc) is 2.54. The molecule has 1 atom stereocenters. The van der Waals surface area contributed by atoms with E-state index in [1.165, 1.54) is 19.3 Å². The number of thioether (sulfide) groups is 1. The van der Waals surface area contributed by atoms with Crippen LogP contribution in [-0.2, 0) is 23.5 Å². The zero-order valence-electron chi connectivity index (χ0n) is 13.6. The van der Waals surface area contributed by atoms with Crippen molar-refractivity contribution in [2.45, 2.75) is 44.1 Å². The van der Waals surface area contributed by atoms with E-state index in [-0.39, 0.29) is 5.56 Å². The molecule has 0 aromatic carbocycles. The Morgan fingerprint density at radius 2 is 2.22 bits per heavy atom. The third-order valence-electron chi connectivity index (χ3n) is 5.10. The molecule has 0 radical (unpaired) electrons. The van der Waals surface area contributed by atoms with E-state index in [1.807, 2.05) is 11.8 Å². The Hall–Kier alpha value is -0.850. The third-order valence-corrected chi connectivity index (χ3v) is 6.11. The lowest BCUT2D eigenvalue weighted by molar-refractivity contribution is -0.0323. The Labute approximate surface area is 141 Å². The first kappa shape index (κ1) is 15.7. The second-order valence-electron chi connectivity index (χ2n) is 7.01. The molecule has 23 heavy (non-hydrogen) atoms. The number of hydrogen-bond acceptors (Lipinski definition) is 5. The van der Waals surface area contributed by atoms with Crippen molar-refractivity contribution in [1.29, 1.82) is 0 Å². The summed E-state index contributed by atoms with van der Waals surface area (Å²) in [6.45, 7) is 4.89. The standard InChI is InChI=1S/C17H25N3O2S/c21-17-7-14-12-23-6-4-16(14)18-20(17)10-13-8-19(9-13)11-15-3-1-2-5-22-15/h7,13,15H,1-6,8-12H2. The molecule has 4 heterocycles. The van der Waals surface area contributed by atoms with Gasteiger partial charge in [-0.15, -0.1) is 0 Å². The predicted molar refractivity (Wildman–Crippen MR) is 91.9 cm³/mol. The first-order chi connectivity index (χ1) is 11.3.